The van der Waals surface area contributed by atoms with E-state index in [0.717, 1.165) is 43.6 Å². The van der Waals surface area contributed by atoms with Crippen LogP contribution in [0.5, 0.6) is 0 Å². The monoisotopic (exact) mass is 1040 g/mol. The van der Waals surface area contributed by atoms with Crippen molar-refractivity contribution in [2.24, 2.45) is 0 Å². The lowest BCUT2D eigenvalue weighted by molar-refractivity contribution is -0.143. The molecule has 0 bridgehead atoms. The fraction of sp³-hybridized carbons (Fsp3) is 0.426. The molecule has 20 heteroatoms. The van der Waals surface area contributed by atoms with Gasteiger partial charge < -0.3 is 29.7 Å². The number of benzene rings is 4. The summed E-state index contributed by atoms with van der Waals surface area (Å²) < 4.78 is 42.7. The molecule has 3 saturated heterocycles. The molecule has 4 amide bonds. The number of anilines is 2. The lowest BCUT2D eigenvalue weighted by Gasteiger charge is -2.35. The highest BCUT2D eigenvalue weighted by Crippen LogP contribution is 2.27. The van der Waals surface area contributed by atoms with Crippen LogP contribution >= 0.6 is 0 Å². The zero-order chi connectivity index (χ0) is 54.0. The Kier molecular flexibility index (Phi) is 18.5. The number of ether oxygens (including phenoxy) is 3. The SMILES string of the molecule is CC(C)(C)c1cccc(C(=O)NC(=N)c2ccc(N3CC(COS(C)(=O)=O)OC3=O)cc2)c1.CCOC(=O)CCN1CCN(CC2CN(c3ccc(C(=N)NC(=O)c4cccc(C(C)(C)C)c4)cc3)C(=O)O2)CC1. The largest absolute Gasteiger partial charge is 0.466 e. The first-order valence-electron chi connectivity index (χ1n) is 24.5. The molecule has 0 radical (unpaired) electrons. The van der Waals surface area contributed by atoms with E-state index < -0.39 is 28.4 Å². The number of amidine groups is 2. The molecule has 4 aromatic carbocycles. The van der Waals surface area contributed by atoms with Crippen molar-refractivity contribution in [1.29, 1.82) is 10.8 Å². The predicted octanol–water partition coefficient (Wildman–Crippen LogP) is 6.68. The van der Waals surface area contributed by atoms with Gasteiger partial charge in [0.1, 0.15) is 30.5 Å². The van der Waals surface area contributed by atoms with Crippen LogP contribution in [0, 0.1) is 10.8 Å². The Hall–Kier alpha value is -7.00. The van der Waals surface area contributed by atoms with Crippen molar-refractivity contribution in [3.8, 4) is 0 Å². The summed E-state index contributed by atoms with van der Waals surface area (Å²) in [5.74, 6) is -0.963. The van der Waals surface area contributed by atoms with Gasteiger partial charge in [0.25, 0.3) is 21.9 Å². The molecule has 4 aromatic rings. The third-order valence-electron chi connectivity index (χ3n) is 12.5. The minimum atomic E-state index is -3.63. The van der Waals surface area contributed by atoms with Crippen LogP contribution in [0.3, 0.4) is 0 Å². The van der Waals surface area contributed by atoms with Crippen molar-refractivity contribution in [2.75, 3.05) is 81.6 Å². The molecule has 0 saturated carbocycles. The van der Waals surface area contributed by atoms with Gasteiger partial charge in [-0.05, 0) is 102 Å². The van der Waals surface area contributed by atoms with Crippen LogP contribution < -0.4 is 20.4 Å². The number of rotatable bonds is 15. The van der Waals surface area contributed by atoms with E-state index in [1.807, 2.05) is 43.3 Å². The Labute approximate surface area is 433 Å². The van der Waals surface area contributed by atoms with Gasteiger partial charge in [0, 0.05) is 72.9 Å². The maximum absolute atomic E-state index is 12.8. The fourth-order valence-electron chi connectivity index (χ4n) is 8.20. The number of esters is 1. The Bertz CT molecular complexity index is 2800. The summed E-state index contributed by atoms with van der Waals surface area (Å²) in [4.78, 5) is 69.3. The maximum Gasteiger partial charge on any atom is 0.414 e. The zero-order valence-corrected chi connectivity index (χ0v) is 44.2. The van der Waals surface area contributed by atoms with Crippen LogP contribution in [0.25, 0.3) is 0 Å². The molecule has 396 valence electrons. The summed E-state index contributed by atoms with van der Waals surface area (Å²) in [6.07, 6.45) is -0.637. The summed E-state index contributed by atoms with van der Waals surface area (Å²) >= 11 is 0. The third-order valence-corrected chi connectivity index (χ3v) is 13.0. The van der Waals surface area contributed by atoms with Crippen molar-refractivity contribution in [3.63, 3.8) is 0 Å². The number of nitrogens with one attached hydrogen (secondary N) is 4. The first kappa shape index (κ1) is 56.3. The highest BCUT2D eigenvalue weighted by molar-refractivity contribution is 7.86. The van der Waals surface area contributed by atoms with E-state index in [9.17, 15) is 32.4 Å². The van der Waals surface area contributed by atoms with Crippen molar-refractivity contribution < 1.29 is 50.8 Å². The average Bonchev–Trinajstić information content (AvgIpc) is 3.93. The van der Waals surface area contributed by atoms with E-state index in [1.165, 1.54) is 4.90 Å². The molecule has 2 atom stereocenters. The Morgan fingerprint density at radius 2 is 1.08 bits per heavy atom. The van der Waals surface area contributed by atoms with Crippen LogP contribution in [0.2, 0.25) is 0 Å². The normalized spacial score (nSPS) is 17.4. The van der Waals surface area contributed by atoms with Gasteiger partial charge in [-0.15, -0.1) is 0 Å². The minimum absolute atomic E-state index is 0.00835. The van der Waals surface area contributed by atoms with Gasteiger partial charge in [0.05, 0.1) is 32.4 Å². The van der Waals surface area contributed by atoms with E-state index in [4.69, 9.17) is 29.2 Å². The molecule has 19 nitrogen and oxygen atoms in total. The summed E-state index contributed by atoms with van der Waals surface area (Å²) in [5, 5.41) is 21.9. The number of carbonyl (C=O) groups excluding carboxylic acids is 5. The predicted molar refractivity (Wildman–Crippen MR) is 282 cm³/mol. The zero-order valence-electron chi connectivity index (χ0n) is 43.4. The molecule has 3 aliphatic rings. The van der Waals surface area contributed by atoms with Gasteiger partial charge in [-0.25, -0.2) is 9.59 Å². The first-order valence-corrected chi connectivity index (χ1v) is 26.3. The van der Waals surface area contributed by atoms with E-state index in [-0.39, 0.29) is 59.5 Å². The second kappa shape index (κ2) is 24.4. The molecule has 3 fully saturated rings. The average molecular weight is 1040 g/mol. The smallest absolute Gasteiger partial charge is 0.414 e. The minimum Gasteiger partial charge on any atom is -0.466 e. The van der Waals surface area contributed by atoms with Crippen molar-refractivity contribution >= 4 is 63.1 Å². The number of amides is 4. The summed E-state index contributed by atoms with van der Waals surface area (Å²) in [6, 6.07) is 28.2. The van der Waals surface area contributed by atoms with Crippen molar-refractivity contribution in [2.45, 2.75) is 77.9 Å². The molecule has 2 unspecified atom stereocenters. The Balaban J connectivity index is 0.000000247. The van der Waals surface area contributed by atoms with Gasteiger partial charge >= 0.3 is 18.2 Å². The van der Waals surface area contributed by atoms with Crippen LogP contribution in [0.4, 0.5) is 21.0 Å². The maximum atomic E-state index is 12.8. The third kappa shape index (κ3) is 16.0. The van der Waals surface area contributed by atoms with Crippen LogP contribution in [0.1, 0.15) is 97.9 Å². The summed E-state index contributed by atoms with van der Waals surface area (Å²) in [6.45, 7) is 19.7. The van der Waals surface area contributed by atoms with Crippen molar-refractivity contribution in [3.05, 3.63) is 130 Å². The quantitative estimate of drug-likeness (QED) is 0.0320. The molecule has 0 aliphatic carbocycles. The number of cyclic esters (lactones) is 2. The first-order chi connectivity index (χ1) is 34.9. The lowest BCUT2D eigenvalue weighted by Crippen LogP contribution is -2.49. The number of hydrogen-bond acceptors (Lipinski definition) is 15. The topological polar surface area (TPSA) is 241 Å². The van der Waals surface area contributed by atoms with Crippen LogP contribution in [-0.2, 0) is 44.1 Å². The molecule has 3 heterocycles. The van der Waals surface area contributed by atoms with Gasteiger partial charge in [-0.1, -0.05) is 65.8 Å². The number of hydrogen-bond donors (Lipinski definition) is 4. The second-order valence-electron chi connectivity index (χ2n) is 20.3. The van der Waals surface area contributed by atoms with Crippen LogP contribution in [0.15, 0.2) is 97.1 Å². The molecular weight excluding hydrogens is 969 g/mol. The fourth-order valence-corrected chi connectivity index (χ4v) is 8.60. The molecule has 3 aliphatic heterocycles. The van der Waals surface area contributed by atoms with E-state index in [2.05, 4.69) is 62.0 Å². The van der Waals surface area contributed by atoms with E-state index in [0.29, 0.717) is 66.3 Å². The molecule has 7 rings (SSSR count). The Morgan fingerprint density at radius 3 is 1.51 bits per heavy atom. The molecule has 4 N–H and O–H groups in total. The summed E-state index contributed by atoms with van der Waals surface area (Å²) in [5.41, 5.74) is 5.04. The van der Waals surface area contributed by atoms with Gasteiger partial charge in [-0.3, -0.25) is 44.1 Å². The highest BCUT2D eigenvalue weighted by atomic mass is 32.2. The van der Waals surface area contributed by atoms with Gasteiger partial charge in [0.2, 0.25) is 0 Å². The highest BCUT2D eigenvalue weighted by Gasteiger charge is 2.35. The number of carbonyl (C=O) groups is 5. The molecule has 0 aromatic heterocycles. The lowest BCUT2D eigenvalue weighted by atomic mass is 9.86. The second-order valence-corrected chi connectivity index (χ2v) is 22.0. The van der Waals surface area contributed by atoms with E-state index >= 15 is 0 Å². The summed E-state index contributed by atoms with van der Waals surface area (Å²) in [7, 11) is -3.63. The molecule has 0 spiro atoms. The standard InChI is InChI=1S/C31H41N5O5.C23H27N3O6S/c1-5-40-27(37)13-14-34-15-17-35(18-16-34)20-26-21-36(30(39)41-26)25-11-9-22(10-12-25)28(32)33-29(38)23-7-6-8-24(19-23)31(2,3)4;1-23(2,3)17-7-5-6-16(12-17)21(27)25-20(24)15-8-10-18(11-9-15)26-13-19(32-22(26)28)14-31-33(4,29)30/h6-12,19,26H,5,13-18,20-21H2,1-4H3,(H2,32,33,38);5-12,19H,13-14H2,1-4H3,(H2,24,25,27). The number of piperazine rings is 1. The van der Waals surface area contributed by atoms with Crippen molar-refractivity contribution in [1.82, 2.24) is 20.4 Å². The van der Waals surface area contributed by atoms with E-state index in [1.54, 1.807) is 65.6 Å². The van der Waals surface area contributed by atoms with Gasteiger partial charge in [0.15, 0.2) is 0 Å². The van der Waals surface area contributed by atoms with Crippen LogP contribution in [-0.4, -0.2) is 144 Å². The number of nitrogens with zero attached hydrogens (tertiary/aromatic N) is 4. The molecular formula is C54H68N8O11S. The Morgan fingerprint density at radius 1 is 0.649 bits per heavy atom. The van der Waals surface area contributed by atoms with Gasteiger partial charge in [-0.2, -0.15) is 8.42 Å². The molecule has 74 heavy (non-hydrogen) atoms.